The molecule has 0 heterocycles. The Bertz CT molecular complexity index is 511. The van der Waals surface area contributed by atoms with Crippen molar-refractivity contribution in [2.45, 2.75) is 6.92 Å². The normalized spacial score (nSPS) is 10.1. The minimum atomic E-state index is 0.573. The Morgan fingerprint density at radius 2 is 1.81 bits per heavy atom. The molecule has 2 aromatic rings. The first kappa shape index (κ1) is 10.8. The van der Waals surface area contributed by atoms with Crippen LogP contribution in [0.1, 0.15) is 5.56 Å². The van der Waals surface area contributed by atoms with Crippen molar-refractivity contribution in [1.29, 1.82) is 0 Å². The predicted octanol–water partition coefficient (Wildman–Crippen LogP) is 4.02. The highest BCUT2D eigenvalue weighted by Gasteiger charge is 2.05. The lowest BCUT2D eigenvalue weighted by Crippen LogP contribution is -1.92. The van der Waals surface area contributed by atoms with Crippen molar-refractivity contribution in [2.24, 2.45) is 0 Å². The molecule has 0 aliphatic rings. The van der Waals surface area contributed by atoms with Gasteiger partial charge >= 0.3 is 0 Å². The van der Waals surface area contributed by atoms with Crippen LogP contribution in [-0.4, -0.2) is 0 Å². The van der Waals surface area contributed by atoms with Crippen LogP contribution in [0.4, 0.5) is 5.69 Å². The van der Waals surface area contributed by atoms with Gasteiger partial charge in [-0.15, -0.1) is 0 Å². The summed E-state index contributed by atoms with van der Waals surface area (Å²) in [5, 5.41) is 0.573. The number of para-hydroxylation sites is 1. The van der Waals surface area contributed by atoms with Gasteiger partial charge in [-0.3, -0.25) is 0 Å². The van der Waals surface area contributed by atoms with Crippen molar-refractivity contribution in [3.63, 3.8) is 0 Å². The van der Waals surface area contributed by atoms with Crippen molar-refractivity contribution in [2.75, 3.05) is 5.73 Å². The van der Waals surface area contributed by atoms with Crippen molar-refractivity contribution in [3.05, 3.63) is 53.1 Å². The highest BCUT2D eigenvalue weighted by molar-refractivity contribution is 6.32. The van der Waals surface area contributed by atoms with E-state index >= 15 is 0 Å². The highest BCUT2D eigenvalue weighted by Crippen LogP contribution is 2.32. The number of rotatable bonds is 2. The standard InChI is InChI=1S/C13H12ClNO/c1-9-6-7-11(15)13(8-9)16-12-5-3-2-4-10(12)14/h2-8H,15H2,1H3. The molecule has 0 aliphatic heterocycles. The maximum atomic E-state index is 6.00. The molecule has 2 aromatic carbocycles. The van der Waals surface area contributed by atoms with Gasteiger partial charge in [-0.2, -0.15) is 0 Å². The predicted molar refractivity (Wildman–Crippen MR) is 67.1 cm³/mol. The minimum Gasteiger partial charge on any atom is -0.454 e. The van der Waals surface area contributed by atoms with E-state index in [4.69, 9.17) is 22.1 Å². The van der Waals surface area contributed by atoms with Crippen molar-refractivity contribution < 1.29 is 4.74 Å². The van der Waals surface area contributed by atoms with Crippen LogP contribution in [0, 0.1) is 6.92 Å². The zero-order valence-electron chi connectivity index (χ0n) is 8.91. The van der Waals surface area contributed by atoms with E-state index < -0.39 is 0 Å². The third kappa shape index (κ3) is 2.28. The molecule has 0 spiro atoms. The van der Waals surface area contributed by atoms with Crippen LogP contribution >= 0.6 is 11.6 Å². The largest absolute Gasteiger partial charge is 0.454 e. The summed E-state index contributed by atoms with van der Waals surface area (Å²) in [6.07, 6.45) is 0. The monoisotopic (exact) mass is 233 g/mol. The molecular formula is C13H12ClNO. The van der Waals surface area contributed by atoms with E-state index in [1.165, 1.54) is 0 Å². The third-order valence-electron chi connectivity index (χ3n) is 2.23. The van der Waals surface area contributed by atoms with Gasteiger partial charge in [0.1, 0.15) is 5.75 Å². The quantitative estimate of drug-likeness (QED) is 0.795. The summed E-state index contributed by atoms with van der Waals surface area (Å²) in [5.74, 6) is 1.24. The fourth-order valence-electron chi connectivity index (χ4n) is 1.38. The van der Waals surface area contributed by atoms with Crippen LogP contribution in [0.3, 0.4) is 0 Å². The molecule has 0 saturated carbocycles. The first-order chi connectivity index (χ1) is 7.66. The molecule has 0 bridgehead atoms. The van der Waals surface area contributed by atoms with Gasteiger partial charge in [-0.1, -0.05) is 29.8 Å². The van der Waals surface area contributed by atoms with Crippen molar-refractivity contribution in [3.8, 4) is 11.5 Å². The lowest BCUT2D eigenvalue weighted by molar-refractivity contribution is 0.485. The first-order valence-electron chi connectivity index (χ1n) is 4.95. The van der Waals surface area contributed by atoms with Crippen LogP contribution in [0.15, 0.2) is 42.5 Å². The Balaban J connectivity index is 2.34. The van der Waals surface area contributed by atoms with E-state index in [2.05, 4.69) is 0 Å². The second-order valence-electron chi connectivity index (χ2n) is 3.57. The number of anilines is 1. The molecule has 3 heteroatoms. The van der Waals surface area contributed by atoms with E-state index in [9.17, 15) is 0 Å². The molecule has 0 aliphatic carbocycles. The topological polar surface area (TPSA) is 35.2 Å². The summed E-state index contributed by atoms with van der Waals surface area (Å²) >= 11 is 6.00. The summed E-state index contributed by atoms with van der Waals surface area (Å²) < 4.78 is 5.66. The van der Waals surface area contributed by atoms with Crippen molar-refractivity contribution >= 4 is 17.3 Å². The molecule has 82 valence electrons. The van der Waals surface area contributed by atoms with Gasteiger partial charge in [-0.05, 0) is 36.8 Å². The molecule has 0 fully saturated rings. The molecule has 2 N–H and O–H groups in total. The highest BCUT2D eigenvalue weighted by atomic mass is 35.5. The number of halogens is 1. The fraction of sp³-hybridized carbons (Fsp3) is 0.0769. The Hall–Kier alpha value is -1.67. The van der Waals surface area contributed by atoms with Crippen LogP contribution < -0.4 is 10.5 Å². The van der Waals surface area contributed by atoms with Gasteiger partial charge in [-0.25, -0.2) is 0 Å². The van der Waals surface area contributed by atoms with E-state index in [1.807, 2.05) is 43.3 Å². The second kappa shape index (κ2) is 4.45. The maximum absolute atomic E-state index is 6.00. The Morgan fingerprint density at radius 3 is 2.56 bits per heavy atom. The zero-order chi connectivity index (χ0) is 11.5. The molecule has 0 atom stereocenters. The van der Waals surface area contributed by atoms with Gasteiger partial charge in [0, 0.05) is 0 Å². The fourth-order valence-corrected chi connectivity index (χ4v) is 1.55. The molecule has 0 saturated heterocycles. The lowest BCUT2D eigenvalue weighted by Gasteiger charge is -2.10. The van der Waals surface area contributed by atoms with Gasteiger partial charge in [0.05, 0.1) is 10.7 Å². The molecule has 16 heavy (non-hydrogen) atoms. The summed E-state index contributed by atoms with van der Waals surface area (Å²) in [7, 11) is 0. The van der Waals surface area contributed by atoms with Crippen LogP contribution in [-0.2, 0) is 0 Å². The van der Waals surface area contributed by atoms with Gasteiger partial charge in [0.25, 0.3) is 0 Å². The second-order valence-corrected chi connectivity index (χ2v) is 3.98. The maximum Gasteiger partial charge on any atom is 0.150 e. The third-order valence-corrected chi connectivity index (χ3v) is 2.54. The summed E-state index contributed by atoms with van der Waals surface area (Å²) in [6.45, 7) is 1.99. The molecule has 0 amide bonds. The van der Waals surface area contributed by atoms with Gasteiger partial charge < -0.3 is 10.5 Å². The number of nitrogen functional groups attached to an aromatic ring is 1. The molecule has 0 radical (unpaired) electrons. The first-order valence-corrected chi connectivity index (χ1v) is 5.33. The SMILES string of the molecule is Cc1ccc(N)c(Oc2ccccc2Cl)c1. The summed E-state index contributed by atoms with van der Waals surface area (Å²) in [5.41, 5.74) is 7.52. The number of nitrogens with two attached hydrogens (primary N) is 1. The molecule has 0 unspecified atom stereocenters. The minimum absolute atomic E-state index is 0.573. The van der Waals surface area contributed by atoms with Crippen LogP contribution in [0.5, 0.6) is 11.5 Å². The average molecular weight is 234 g/mol. The molecule has 0 aromatic heterocycles. The molecule has 2 nitrogen and oxygen atoms in total. The zero-order valence-corrected chi connectivity index (χ0v) is 9.66. The average Bonchev–Trinajstić information content (AvgIpc) is 2.27. The summed E-state index contributed by atoms with van der Waals surface area (Å²) in [4.78, 5) is 0. The number of hydrogen-bond donors (Lipinski definition) is 1. The van der Waals surface area contributed by atoms with Gasteiger partial charge in [0.2, 0.25) is 0 Å². The van der Waals surface area contributed by atoms with E-state index in [-0.39, 0.29) is 0 Å². The van der Waals surface area contributed by atoms with Crippen LogP contribution in [0.2, 0.25) is 5.02 Å². The van der Waals surface area contributed by atoms with E-state index in [1.54, 1.807) is 6.07 Å². The van der Waals surface area contributed by atoms with E-state index in [0.29, 0.717) is 22.2 Å². The number of hydrogen-bond acceptors (Lipinski definition) is 2. The summed E-state index contributed by atoms with van der Waals surface area (Å²) in [6, 6.07) is 13.0. The smallest absolute Gasteiger partial charge is 0.150 e. The Kier molecular flexibility index (Phi) is 3.02. The Morgan fingerprint density at radius 1 is 1.06 bits per heavy atom. The number of aryl methyl sites for hydroxylation is 1. The van der Waals surface area contributed by atoms with Crippen molar-refractivity contribution in [1.82, 2.24) is 0 Å². The number of ether oxygens (including phenoxy) is 1. The Labute approximate surface area is 99.6 Å². The molecular weight excluding hydrogens is 222 g/mol. The van der Waals surface area contributed by atoms with Gasteiger partial charge in [0.15, 0.2) is 5.75 Å². The number of benzene rings is 2. The lowest BCUT2D eigenvalue weighted by atomic mass is 10.2. The molecule has 2 rings (SSSR count). The van der Waals surface area contributed by atoms with Crippen LogP contribution in [0.25, 0.3) is 0 Å². The van der Waals surface area contributed by atoms with E-state index in [0.717, 1.165) is 5.56 Å².